The molecule has 1 heterocycles. The molecule has 3 nitrogen and oxygen atoms in total. The van der Waals surface area contributed by atoms with Gasteiger partial charge in [-0.25, -0.2) is 4.39 Å². The van der Waals surface area contributed by atoms with Gasteiger partial charge in [0.2, 0.25) is 0 Å². The Hall–Kier alpha value is -1.84. The highest BCUT2D eigenvalue weighted by Crippen LogP contribution is 2.17. The lowest BCUT2D eigenvalue weighted by Gasteiger charge is -2.09. The molecule has 2 rings (SSSR count). The highest BCUT2D eigenvalue weighted by molar-refractivity contribution is 5.47. The summed E-state index contributed by atoms with van der Waals surface area (Å²) in [6.07, 6.45) is 0. The average molecular weight is 247 g/mol. The van der Waals surface area contributed by atoms with E-state index in [9.17, 15) is 4.39 Å². The van der Waals surface area contributed by atoms with Crippen LogP contribution in [0, 0.1) is 19.7 Å². The Bertz CT molecular complexity index is 546. The molecule has 0 amide bonds. The summed E-state index contributed by atoms with van der Waals surface area (Å²) in [5, 5.41) is 7.49. The number of rotatable bonds is 4. The van der Waals surface area contributed by atoms with E-state index < -0.39 is 0 Å². The summed E-state index contributed by atoms with van der Waals surface area (Å²) in [6.45, 7) is 7.35. The van der Waals surface area contributed by atoms with Crippen molar-refractivity contribution in [1.29, 1.82) is 0 Å². The summed E-state index contributed by atoms with van der Waals surface area (Å²) in [6, 6.07) is 7.08. The van der Waals surface area contributed by atoms with Crippen molar-refractivity contribution in [2.45, 2.75) is 33.9 Å². The first kappa shape index (κ1) is 12.6. The van der Waals surface area contributed by atoms with Crippen molar-refractivity contribution in [3.63, 3.8) is 0 Å². The number of nitrogens with one attached hydrogen (secondary N) is 1. The highest BCUT2D eigenvalue weighted by Gasteiger charge is 2.06. The Balaban J connectivity index is 2.13. The molecular weight excluding hydrogens is 229 g/mol. The molecule has 18 heavy (non-hydrogen) atoms. The summed E-state index contributed by atoms with van der Waals surface area (Å²) in [7, 11) is 0. The lowest BCUT2D eigenvalue weighted by Crippen LogP contribution is -2.08. The predicted molar refractivity (Wildman–Crippen MR) is 71.1 cm³/mol. The molecule has 1 aromatic carbocycles. The van der Waals surface area contributed by atoms with E-state index in [-0.39, 0.29) is 5.82 Å². The third-order valence-electron chi connectivity index (χ3n) is 2.87. The maximum Gasteiger partial charge on any atom is 0.146 e. The van der Waals surface area contributed by atoms with Crippen LogP contribution in [0.15, 0.2) is 24.3 Å². The van der Waals surface area contributed by atoms with Crippen LogP contribution in [-0.4, -0.2) is 9.78 Å². The molecule has 0 fully saturated rings. The van der Waals surface area contributed by atoms with E-state index >= 15 is 0 Å². The van der Waals surface area contributed by atoms with Gasteiger partial charge in [0.15, 0.2) is 0 Å². The first-order valence-electron chi connectivity index (χ1n) is 6.13. The van der Waals surface area contributed by atoms with Crippen molar-refractivity contribution >= 4 is 5.69 Å². The Labute approximate surface area is 107 Å². The fourth-order valence-corrected chi connectivity index (χ4v) is 1.98. The first-order valence-corrected chi connectivity index (χ1v) is 6.13. The van der Waals surface area contributed by atoms with E-state index in [4.69, 9.17) is 0 Å². The normalized spacial score (nSPS) is 10.7. The zero-order valence-electron chi connectivity index (χ0n) is 11.0. The molecule has 2 aromatic rings. The molecule has 0 aliphatic rings. The van der Waals surface area contributed by atoms with Crippen LogP contribution in [0.5, 0.6) is 0 Å². The smallest absolute Gasteiger partial charge is 0.146 e. The Morgan fingerprint density at radius 3 is 2.78 bits per heavy atom. The van der Waals surface area contributed by atoms with Crippen LogP contribution in [0.25, 0.3) is 0 Å². The van der Waals surface area contributed by atoms with Crippen LogP contribution in [0.2, 0.25) is 0 Å². The van der Waals surface area contributed by atoms with E-state index in [2.05, 4.69) is 10.4 Å². The van der Waals surface area contributed by atoms with E-state index in [0.717, 1.165) is 23.5 Å². The van der Waals surface area contributed by atoms with Gasteiger partial charge in [0.25, 0.3) is 0 Å². The molecule has 0 aliphatic heterocycles. The Kier molecular flexibility index (Phi) is 3.65. The SMILES string of the molecule is CCn1nc(C)cc1CNc1cc(C)ccc1F. The molecule has 0 unspecified atom stereocenters. The highest BCUT2D eigenvalue weighted by atomic mass is 19.1. The standard InChI is InChI=1S/C14H18FN3/c1-4-18-12(8-11(3)17-18)9-16-14-7-10(2)5-6-13(14)15/h5-8,16H,4,9H2,1-3H3. The molecule has 4 heteroatoms. The molecule has 1 N–H and O–H groups in total. The Morgan fingerprint density at radius 1 is 1.28 bits per heavy atom. The van der Waals surface area contributed by atoms with E-state index in [1.54, 1.807) is 6.07 Å². The van der Waals surface area contributed by atoms with Crippen LogP contribution in [-0.2, 0) is 13.1 Å². The number of benzene rings is 1. The first-order chi connectivity index (χ1) is 8.60. The number of hydrogen-bond acceptors (Lipinski definition) is 2. The second-order valence-corrected chi connectivity index (χ2v) is 4.43. The fourth-order valence-electron chi connectivity index (χ4n) is 1.98. The van der Waals surface area contributed by atoms with Crippen molar-refractivity contribution in [3.8, 4) is 0 Å². The van der Waals surface area contributed by atoms with Gasteiger partial charge < -0.3 is 5.32 Å². The summed E-state index contributed by atoms with van der Waals surface area (Å²) < 4.78 is 15.5. The largest absolute Gasteiger partial charge is 0.377 e. The summed E-state index contributed by atoms with van der Waals surface area (Å²) in [4.78, 5) is 0. The second kappa shape index (κ2) is 5.21. The van der Waals surface area contributed by atoms with Crippen molar-refractivity contribution in [2.24, 2.45) is 0 Å². The van der Waals surface area contributed by atoms with Gasteiger partial charge in [-0.15, -0.1) is 0 Å². The van der Waals surface area contributed by atoms with Crippen molar-refractivity contribution < 1.29 is 4.39 Å². The number of halogens is 1. The fraction of sp³-hybridized carbons (Fsp3) is 0.357. The third-order valence-corrected chi connectivity index (χ3v) is 2.87. The topological polar surface area (TPSA) is 29.9 Å². The van der Waals surface area contributed by atoms with Gasteiger partial charge in [-0.05, 0) is 44.5 Å². The van der Waals surface area contributed by atoms with Crippen LogP contribution < -0.4 is 5.32 Å². The number of aryl methyl sites for hydroxylation is 3. The molecule has 0 aliphatic carbocycles. The molecule has 0 atom stereocenters. The Morgan fingerprint density at radius 2 is 2.06 bits per heavy atom. The van der Waals surface area contributed by atoms with Crippen LogP contribution in [0.1, 0.15) is 23.9 Å². The molecule has 0 saturated carbocycles. The van der Waals surface area contributed by atoms with E-state index in [1.165, 1.54) is 6.07 Å². The van der Waals surface area contributed by atoms with E-state index in [1.807, 2.05) is 37.6 Å². The second-order valence-electron chi connectivity index (χ2n) is 4.43. The maximum atomic E-state index is 13.6. The quantitative estimate of drug-likeness (QED) is 0.898. The average Bonchev–Trinajstić information content (AvgIpc) is 2.71. The molecule has 0 bridgehead atoms. The molecular formula is C14H18FN3. The molecule has 0 radical (unpaired) electrons. The lowest BCUT2D eigenvalue weighted by atomic mass is 10.2. The van der Waals surface area contributed by atoms with Gasteiger partial charge in [0.1, 0.15) is 5.82 Å². The van der Waals surface area contributed by atoms with Gasteiger partial charge in [-0.3, -0.25) is 4.68 Å². The summed E-state index contributed by atoms with van der Waals surface area (Å²) >= 11 is 0. The number of aromatic nitrogens is 2. The number of anilines is 1. The monoisotopic (exact) mass is 247 g/mol. The van der Waals surface area contributed by atoms with Gasteiger partial charge in [-0.2, -0.15) is 5.10 Å². The lowest BCUT2D eigenvalue weighted by molar-refractivity contribution is 0.616. The van der Waals surface area contributed by atoms with Gasteiger partial charge in [-0.1, -0.05) is 6.07 Å². The third kappa shape index (κ3) is 2.70. The van der Waals surface area contributed by atoms with Crippen molar-refractivity contribution in [3.05, 3.63) is 47.0 Å². The maximum absolute atomic E-state index is 13.6. The van der Waals surface area contributed by atoms with E-state index in [0.29, 0.717) is 12.2 Å². The number of hydrogen-bond donors (Lipinski definition) is 1. The molecule has 0 spiro atoms. The minimum atomic E-state index is -0.222. The van der Waals surface area contributed by atoms with Crippen LogP contribution >= 0.6 is 0 Å². The molecule has 1 aromatic heterocycles. The van der Waals surface area contributed by atoms with Crippen LogP contribution in [0.4, 0.5) is 10.1 Å². The minimum Gasteiger partial charge on any atom is -0.377 e. The van der Waals surface area contributed by atoms with Gasteiger partial charge in [0, 0.05) is 6.54 Å². The molecule has 96 valence electrons. The zero-order chi connectivity index (χ0) is 13.1. The summed E-state index contributed by atoms with van der Waals surface area (Å²) in [5.74, 6) is -0.222. The zero-order valence-corrected chi connectivity index (χ0v) is 11.0. The minimum absolute atomic E-state index is 0.222. The summed E-state index contributed by atoms with van der Waals surface area (Å²) in [5.41, 5.74) is 3.63. The van der Waals surface area contributed by atoms with Gasteiger partial charge in [0.05, 0.1) is 23.6 Å². The number of nitrogens with zero attached hydrogens (tertiary/aromatic N) is 2. The van der Waals surface area contributed by atoms with Crippen LogP contribution in [0.3, 0.4) is 0 Å². The van der Waals surface area contributed by atoms with Crippen molar-refractivity contribution in [1.82, 2.24) is 9.78 Å². The molecule has 0 saturated heterocycles. The van der Waals surface area contributed by atoms with Crippen molar-refractivity contribution in [2.75, 3.05) is 5.32 Å². The van der Waals surface area contributed by atoms with Gasteiger partial charge >= 0.3 is 0 Å². The predicted octanol–water partition coefficient (Wildman–Crippen LogP) is 3.27.